The average molecular weight is 258 g/mol. The zero-order chi connectivity index (χ0) is 13.1. The van der Waals surface area contributed by atoms with E-state index in [-0.39, 0.29) is 0 Å². The second kappa shape index (κ2) is 5.62. The number of aromatic nitrogens is 1. The van der Waals surface area contributed by atoms with Gasteiger partial charge in [-0.25, -0.2) is 0 Å². The number of nitrogens with one attached hydrogen (secondary N) is 1. The Bertz CT molecular complexity index is 419. The summed E-state index contributed by atoms with van der Waals surface area (Å²) in [5.41, 5.74) is 3.21. The molecule has 0 bridgehead atoms. The maximum atomic E-state index is 4.73. The molecule has 2 nitrogen and oxygen atoms in total. The summed E-state index contributed by atoms with van der Waals surface area (Å²) in [5.74, 6) is 0.641. The standard InChI is InChI=1S/C17H26N2/c1-2-10-17(11-4-3-5-13-19-17)15-9-8-14-7-6-12-18-16(14)15/h6-7,12,15,19H,2-5,8-11,13H2,1H3. The number of pyridine rings is 1. The molecule has 1 aromatic rings. The molecule has 0 saturated carbocycles. The fourth-order valence-electron chi connectivity index (χ4n) is 4.25. The molecule has 3 rings (SSSR count). The van der Waals surface area contributed by atoms with Gasteiger partial charge in [0.2, 0.25) is 0 Å². The predicted octanol–water partition coefficient (Wildman–Crippen LogP) is 3.81. The Hall–Kier alpha value is -0.890. The molecule has 19 heavy (non-hydrogen) atoms. The first kappa shape index (κ1) is 13.1. The van der Waals surface area contributed by atoms with Crippen LogP contribution in [0.5, 0.6) is 0 Å². The minimum absolute atomic E-state index is 0.324. The number of aryl methyl sites for hydroxylation is 1. The van der Waals surface area contributed by atoms with E-state index < -0.39 is 0 Å². The van der Waals surface area contributed by atoms with Crippen LogP contribution in [-0.2, 0) is 6.42 Å². The van der Waals surface area contributed by atoms with Crippen molar-refractivity contribution >= 4 is 0 Å². The van der Waals surface area contributed by atoms with E-state index in [0.717, 1.165) is 0 Å². The Morgan fingerprint density at radius 3 is 3.21 bits per heavy atom. The van der Waals surface area contributed by atoms with Gasteiger partial charge < -0.3 is 5.32 Å². The second-order valence-corrected chi connectivity index (χ2v) is 6.28. The van der Waals surface area contributed by atoms with Gasteiger partial charge in [0, 0.05) is 23.3 Å². The lowest BCUT2D eigenvalue weighted by molar-refractivity contribution is 0.231. The monoisotopic (exact) mass is 258 g/mol. The summed E-state index contributed by atoms with van der Waals surface area (Å²) < 4.78 is 0. The third kappa shape index (κ3) is 2.43. The number of rotatable bonds is 3. The molecule has 2 atom stereocenters. The van der Waals surface area contributed by atoms with E-state index in [1.165, 1.54) is 69.2 Å². The average Bonchev–Trinajstić information content (AvgIpc) is 2.73. The van der Waals surface area contributed by atoms with Crippen molar-refractivity contribution in [3.63, 3.8) is 0 Å². The van der Waals surface area contributed by atoms with Gasteiger partial charge in [-0.3, -0.25) is 4.98 Å². The SMILES string of the molecule is CCCC1(C2CCc3cccnc32)CCCCCN1. The van der Waals surface area contributed by atoms with Crippen LogP contribution in [0, 0.1) is 0 Å². The molecule has 0 aromatic carbocycles. The van der Waals surface area contributed by atoms with Gasteiger partial charge in [-0.1, -0.05) is 32.3 Å². The molecule has 2 aliphatic rings. The summed E-state index contributed by atoms with van der Waals surface area (Å²) in [6.45, 7) is 3.52. The van der Waals surface area contributed by atoms with Crippen LogP contribution < -0.4 is 5.32 Å². The Kier molecular flexibility index (Phi) is 3.88. The van der Waals surface area contributed by atoms with Gasteiger partial charge in [-0.15, -0.1) is 0 Å². The highest BCUT2D eigenvalue weighted by molar-refractivity contribution is 5.32. The first-order chi connectivity index (χ1) is 9.36. The lowest BCUT2D eigenvalue weighted by Crippen LogP contribution is -2.49. The van der Waals surface area contributed by atoms with Gasteiger partial charge >= 0.3 is 0 Å². The van der Waals surface area contributed by atoms with Crippen molar-refractivity contribution in [1.29, 1.82) is 0 Å². The van der Waals surface area contributed by atoms with Gasteiger partial charge in [0.25, 0.3) is 0 Å². The van der Waals surface area contributed by atoms with Gasteiger partial charge in [0.05, 0.1) is 0 Å². The molecule has 1 aliphatic heterocycles. The third-order valence-corrected chi connectivity index (χ3v) is 5.10. The summed E-state index contributed by atoms with van der Waals surface area (Å²) in [5, 5.41) is 3.94. The van der Waals surface area contributed by atoms with Gasteiger partial charge in [0.1, 0.15) is 0 Å². The molecule has 104 valence electrons. The van der Waals surface area contributed by atoms with Crippen LogP contribution in [0.25, 0.3) is 0 Å². The quantitative estimate of drug-likeness (QED) is 0.891. The molecule has 1 N–H and O–H groups in total. The van der Waals surface area contributed by atoms with Crippen LogP contribution >= 0.6 is 0 Å². The van der Waals surface area contributed by atoms with Crippen molar-refractivity contribution < 1.29 is 0 Å². The number of hydrogen-bond donors (Lipinski definition) is 1. The Balaban J connectivity index is 1.92. The summed E-state index contributed by atoms with van der Waals surface area (Å²) in [6, 6.07) is 4.37. The van der Waals surface area contributed by atoms with Crippen LogP contribution in [0.3, 0.4) is 0 Å². The summed E-state index contributed by atoms with van der Waals surface area (Å²) in [6.07, 6.45) is 12.5. The van der Waals surface area contributed by atoms with E-state index >= 15 is 0 Å². The van der Waals surface area contributed by atoms with Crippen molar-refractivity contribution in [3.05, 3.63) is 29.6 Å². The van der Waals surface area contributed by atoms with Crippen molar-refractivity contribution in [2.24, 2.45) is 0 Å². The molecule has 1 fully saturated rings. The smallest absolute Gasteiger partial charge is 0.0484 e. The molecule has 1 saturated heterocycles. The topological polar surface area (TPSA) is 24.9 Å². The minimum Gasteiger partial charge on any atom is -0.311 e. The summed E-state index contributed by atoms with van der Waals surface area (Å²) >= 11 is 0. The number of nitrogens with zero attached hydrogens (tertiary/aromatic N) is 1. The van der Waals surface area contributed by atoms with E-state index in [1.807, 2.05) is 6.20 Å². The number of hydrogen-bond acceptors (Lipinski definition) is 2. The lowest BCUT2D eigenvalue weighted by atomic mass is 9.75. The van der Waals surface area contributed by atoms with Crippen LogP contribution in [0.15, 0.2) is 18.3 Å². The zero-order valence-electron chi connectivity index (χ0n) is 12.1. The van der Waals surface area contributed by atoms with Gasteiger partial charge in [-0.2, -0.15) is 0 Å². The van der Waals surface area contributed by atoms with E-state index in [4.69, 9.17) is 4.98 Å². The normalized spacial score (nSPS) is 30.9. The molecule has 2 heterocycles. The molecular formula is C17H26N2. The molecule has 0 amide bonds. The Morgan fingerprint density at radius 1 is 1.37 bits per heavy atom. The molecule has 1 aliphatic carbocycles. The summed E-state index contributed by atoms with van der Waals surface area (Å²) in [7, 11) is 0. The van der Waals surface area contributed by atoms with Crippen molar-refractivity contribution in [2.75, 3.05) is 6.54 Å². The summed E-state index contributed by atoms with van der Waals surface area (Å²) in [4.78, 5) is 4.73. The van der Waals surface area contributed by atoms with Crippen LogP contribution in [0.1, 0.15) is 69.0 Å². The van der Waals surface area contributed by atoms with E-state index in [2.05, 4.69) is 24.4 Å². The lowest BCUT2D eigenvalue weighted by Gasteiger charge is -2.39. The van der Waals surface area contributed by atoms with Crippen LogP contribution in [0.2, 0.25) is 0 Å². The Labute approximate surface area is 117 Å². The zero-order valence-corrected chi connectivity index (χ0v) is 12.1. The first-order valence-corrected chi connectivity index (χ1v) is 8.04. The molecule has 2 heteroatoms. The fraction of sp³-hybridized carbons (Fsp3) is 0.706. The van der Waals surface area contributed by atoms with E-state index in [1.54, 1.807) is 0 Å². The highest BCUT2D eigenvalue weighted by Gasteiger charge is 2.42. The second-order valence-electron chi connectivity index (χ2n) is 6.28. The van der Waals surface area contributed by atoms with Gasteiger partial charge in [0.15, 0.2) is 0 Å². The molecule has 0 radical (unpaired) electrons. The van der Waals surface area contributed by atoms with E-state index in [0.29, 0.717) is 11.5 Å². The molecule has 1 aromatic heterocycles. The first-order valence-electron chi connectivity index (χ1n) is 8.04. The van der Waals surface area contributed by atoms with Crippen molar-refractivity contribution in [3.8, 4) is 0 Å². The van der Waals surface area contributed by atoms with Crippen molar-refractivity contribution in [1.82, 2.24) is 10.3 Å². The largest absolute Gasteiger partial charge is 0.311 e. The predicted molar refractivity (Wildman–Crippen MR) is 79.4 cm³/mol. The highest BCUT2D eigenvalue weighted by Crippen LogP contribution is 2.44. The molecule has 0 spiro atoms. The molecular weight excluding hydrogens is 232 g/mol. The third-order valence-electron chi connectivity index (χ3n) is 5.10. The highest BCUT2D eigenvalue weighted by atomic mass is 15.0. The van der Waals surface area contributed by atoms with Gasteiger partial charge in [-0.05, 0) is 50.3 Å². The Morgan fingerprint density at radius 2 is 2.32 bits per heavy atom. The van der Waals surface area contributed by atoms with E-state index in [9.17, 15) is 0 Å². The number of fused-ring (bicyclic) bond motifs is 1. The van der Waals surface area contributed by atoms with Crippen LogP contribution in [-0.4, -0.2) is 17.1 Å². The minimum atomic E-state index is 0.324. The molecule has 2 unspecified atom stereocenters. The van der Waals surface area contributed by atoms with Crippen molar-refractivity contribution in [2.45, 2.75) is 69.7 Å². The maximum absolute atomic E-state index is 4.73. The maximum Gasteiger partial charge on any atom is 0.0484 e. The van der Waals surface area contributed by atoms with Crippen LogP contribution in [0.4, 0.5) is 0 Å². The fourth-order valence-corrected chi connectivity index (χ4v) is 4.25.